The van der Waals surface area contributed by atoms with E-state index in [1.807, 2.05) is 12.1 Å². The van der Waals surface area contributed by atoms with Gasteiger partial charge in [-0.05, 0) is 63.3 Å². The Morgan fingerprint density at radius 3 is 2.30 bits per heavy atom. The van der Waals surface area contributed by atoms with E-state index in [1.54, 1.807) is 7.11 Å². The lowest BCUT2D eigenvalue weighted by Gasteiger charge is -2.11. The third kappa shape index (κ3) is 6.65. The SMILES string of the molecule is COc1cc(Br)c(OCCCCCS(=O)(=O)Cl)cc1Br. The van der Waals surface area contributed by atoms with Crippen LogP contribution in [-0.2, 0) is 9.05 Å². The van der Waals surface area contributed by atoms with Gasteiger partial charge in [0.15, 0.2) is 0 Å². The van der Waals surface area contributed by atoms with Crippen molar-refractivity contribution in [2.24, 2.45) is 0 Å². The maximum atomic E-state index is 10.7. The molecule has 1 aromatic rings. The molecule has 114 valence electrons. The molecular weight excluding hydrogens is 435 g/mol. The number of hydrogen-bond acceptors (Lipinski definition) is 4. The number of halogens is 3. The highest BCUT2D eigenvalue weighted by molar-refractivity contribution is 9.11. The summed E-state index contributed by atoms with van der Waals surface area (Å²) in [6, 6.07) is 3.64. The molecule has 0 radical (unpaired) electrons. The van der Waals surface area contributed by atoms with Crippen molar-refractivity contribution < 1.29 is 17.9 Å². The molecule has 1 rings (SSSR count). The molecule has 0 aliphatic heterocycles. The van der Waals surface area contributed by atoms with Crippen LogP contribution in [0.5, 0.6) is 11.5 Å². The maximum Gasteiger partial charge on any atom is 0.232 e. The van der Waals surface area contributed by atoms with Crippen molar-refractivity contribution >= 4 is 51.6 Å². The van der Waals surface area contributed by atoms with Crippen LogP contribution in [-0.4, -0.2) is 27.9 Å². The summed E-state index contributed by atoms with van der Waals surface area (Å²) in [7, 11) is 3.34. The minimum Gasteiger partial charge on any atom is -0.496 e. The van der Waals surface area contributed by atoms with E-state index in [1.165, 1.54) is 0 Å². The van der Waals surface area contributed by atoms with Gasteiger partial charge in [-0.25, -0.2) is 8.42 Å². The van der Waals surface area contributed by atoms with Crippen LogP contribution in [0.1, 0.15) is 19.3 Å². The first-order valence-corrected chi connectivity index (χ1v) is 9.98. The Hall–Kier alpha value is 0.0200. The second kappa shape index (κ2) is 8.46. The molecule has 0 unspecified atom stereocenters. The average molecular weight is 451 g/mol. The molecule has 0 bridgehead atoms. The van der Waals surface area contributed by atoms with Crippen LogP contribution in [0, 0.1) is 0 Å². The van der Waals surface area contributed by atoms with Gasteiger partial charge in [0.1, 0.15) is 11.5 Å². The Balaban J connectivity index is 2.37. The lowest BCUT2D eigenvalue weighted by molar-refractivity contribution is 0.303. The van der Waals surface area contributed by atoms with Crippen LogP contribution >= 0.6 is 42.5 Å². The fourth-order valence-corrected chi connectivity index (χ4v) is 3.31. The van der Waals surface area contributed by atoms with Crippen molar-refractivity contribution in [2.75, 3.05) is 19.5 Å². The summed E-state index contributed by atoms with van der Waals surface area (Å²) in [5.74, 6) is 1.44. The van der Waals surface area contributed by atoms with Crippen molar-refractivity contribution in [3.05, 3.63) is 21.1 Å². The van der Waals surface area contributed by atoms with Gasteiger partial charge in [0.2, 0.25) is 9.05 Å². The zero-order valence-electron chi connectivity index (χ0n) is 10.9. The summed E-state index contributed by atoms with van der Waals surface area (Å²) >= 11 is 6.80. The molecule has 0 aliphatic rings. The standard InChI is InChI=1S/C12H15Br2ClO4S/c1-18-11-7-10(14)12(8-9(11)13)19-5-3-2-4-6-20(15,16)17/h7-8H,2-6H2,1H3. The smallest absolute Gasteiger partial charge is 0.232 e. The van der Waals surface area contributed by atoms with Gasteiger partial charge in [-0.1, -0.05) is 0 Å². The predicted molar refractivity (Wildman–Crippen MR) is 87.4 cm³/mol. The number of ether oxygens (including phenoxy) is 2. The molecular formula is C12H15Br2ClO4S. The van der Waals surface area contributed by atoms with Crippen LogP contribution < -0.4 is 9.47 Å². The summed E-state index contributed by atoms with van der Waals surface area (Å²) in [5.41, 5.74) is 0. The minimum atomic E-state index is -3.38. The van der Waals surface area contributed by atoms with Crippen LogP contribution in [0.2, 0.25) is 0 Å². The van der Waals surface area contributed by atoms with Crippen LogP contribution in [0.3, 0.4) is 0 Å². The summed E-state index contributed by atoms with van der Waals surface area (Å²) < 4.78 is 33.9. The van der Waals surface area contributed by atoms with Crippen molar-refractivity contribution in [2.45, 2.75) is 19.3 Å². The quantitative estimate of drug-likeness (QED) is 0.437. The van der Waals surface area contributed by atoms with Crippen LogP contribution in [0.4, 0.5) is 0 Å². The van der Waals surface area contributed by atoms with E-state index in [9.17, 15) is 8.42 Å². The molecule has 0 atom stereocenters. The number of unbranched alkanes of at least 4 members (excludes halogenated alkanes) is 2. The van der Waals surface area contributed by atoms with E-state index in [0.717, 1.165) is 27.5 Å². The van der Waals surface area contributed by atoms with E-state index < -0.39 is 9.05 Å². The Morgan fingerprint density at radius 2 is 1.70 bits per heavy atom. The fraction of sp³-hybridized carbons (Fsp3) is 0.500. The first-order chi connectivity index (χ1) is 9.33. The van der Waals surface area contributed by atoms with Gasteiger partial charge in [-0.2, -0.15) is 0 Å². The molecule has 0 aromatic heterocycles. The molecule has 0 amide bonds. The zero-order chi connectivity index (χ0) is 15.2. The monoisotopic (exact) mass is 448 g/mol. The lowest BCUT2D eigenvalue weighted by atomic mass is 10.2. The minimum absolute atomic E-state index is 0.00628. The molecule has 1 aromatic carbocycles. The second-order valence-electron chi connectivity index (χ2n) is 4.07. The van der Waals surface area contributed by atoms with E-state index in [0.29, 0.717) is 18.8 Å². The third-order valence-electron chi connectivity index (χ3n) is 2.50. The molecule has 0 aliphatic carbocycles. The first kappa shape index (κ1) is 18.1. The summed E-state index contributed by atoms with van der Waals surface area (Å²) in [5, 5.41) is 0. The van der Waals surface area contributed by atoms with Crippen molar-refractivity contribution in [3.63, 3.8) is 0 Å². The number of rotatable bonds is 8. The van der Waals surface area contributed by atoms with Gasteiger partial charge in [-0.15, -0.1) is 0 Å². The van der Waals surface area contributed by atoms with Crippen molar-refractivity contribution in [1.82, 2.24) is 0 Å². The largest absolute Gasteiger partial charge is 0.496 e. The molecule has 0 fully saturated rings. The normalized spacial score (nSPS) is 11.4. The third-order valence-corrected chi connectivity index (χ3v) is 4.98. The Kier molecular flexibility index (Phi) is 7.64. The Morgan fingerprint density at radius 1 is 1.10 bits per heavy atom. The number of methoxy groups -OCH3 is 1. The number of hydrogen-bond donors (Lipinski definition) is 0. The molecule has 0 N–H and O–H groups in total. The van der Waals surface area contributed by atoms with Crippen molar-refractivity contribution in [3.8, 4) is 11.5 Å². The van der Waals surface area contributed by atoms with E-state index in [-0.39, 0.29) is 5.75 Å². The van der Waals surface area contributed by atoms with E-state index >= 15 is 0 Å². The Labute approximate surface area is 140 Å². The summed E-state index contributed by atoms with van der Waals surface area (Å²) in [6.45, 7) is 0.514. The van der Waals surface area contributed by atoms with Gasteiger partial charge < -0.3 is 9.47 Å². The molecule has 0 spiro atoms. The van der Waals surface area contributed by atoms with E-state index in [2.05, 4.69) is 31.9 Å². The molecule has 0 saturated heterocycles. The predicted octanol–water partition coefficient (Wildman–Crippen LogP) is 4.34. The first-order valence-electron chi connectivity index (χ1n) is 5.91. The van der Waals surface area contributed by atoms with Gasteiger partial charge in [-0.3, -0.25) is 0 Å². The summed E-state index contributed by atoms with van der Waals surface area (Å²) in [6.07, 6.45) is 2.06. The topological polar surface area (TPSA) is 52.6 Å². The fourth-order valence-electron chi connectivity index (χ4n) is 1.51. The van der Waals surface area contributed by atoms with Crippen LogP contribution in [0.25, 0.3) is 0 Å². The zero-order valence-corrected chi connectivity index (χ0v) is 15.6. The molecule has 0 saturated carbocycles. The highest BCUT2D eigenvalue weighted by atomic mass is 79.9. The molecule has 4 nitrogen and oxygen atoms in total. The van der Waals surface area contributed by atoms with E-state index in [4.69, 9.17) is 20.2 Å². The highest BCUT2D eigenvalue weighted by Crippen LogP contribution is 2.36. The molecule has 20 heavy (non-hydrogen) atoms. The number of benzene rings is 1. The van der Waals surface area contributed by atoms with Gasteiger partial charge in [0, 0.05) is 10.7 Å². The molecule has 8 heteroatoms. The second-order valence-corrected chi connectivity index (χ2v) is 8.67. The van der Waals surface area contributed by atoms with Crippen molar-refractivity contribution in [1.29, 1.82) is 0 Å². The van der Waals surface area contributed by atoms with Gasteiger partial charge in [0.25, 0.3) is 0 Å². The van der Waals surface area contributed by atoms with Crippen LogP contribution in [0.15, 0.2) is 21.1 Å². The van der Waals surface area contributed by atoms with Gasteiger partial charge >= 0.3 is 0 Å². The molecule has 0 heterocycles. The average Bonchev–Trinajstić information content (AvgIpc) is 2.35. The summed E-state index contributed by atoms with van der Waals surface area (Å²) in [4.78, 5) is 0. The lowest BCUT2D eigenvalue weighted by Crippen LogP contribution is -2.01. The maximum absolute atomic E-state index is 10.7. The highest BCUT2D eigenvalue weighted by Gasteiger charge is 2.08. The Bertz CT molecular complexity index is 549. The van der Waals surface area contributed by atoms with Gasteiger partial charge in [0.05, 0.1) is 28.4 Å².